The third kappa shape index (κ3) is 3.75. The first-order valence-corrected chi connectivity index (χ1v) is 11.0. The van der Waals surface area contributed by atoms with Crippen LogP contribution in [0, 0.1) is 0 Å². The van der Waals surface area contributed by atoms with Crippen molar-refractivity contribution in [3.8, 4) is 11.5 Å². The van der Waals surface area contributed by atoms with Gasteiger partial charge in [-0.15, -0.1) is 0 Å². The molecule has 1 saturated heterocycles. The van der Waals surface area contributed by atoms with Gasteiger partial charge in [0.15, 0.2) is 5.43 Å². The molecule has 0 bridgehead atoms. The molecule has 8 heteroatoms. The number of rotatable bonds is 6. The number of fused-ring (bicyclic) bond motifs is 2. The van der Waals surface area contributed by atoms with Gasteiger partial charge in [-0.1, -0.05) is 18.2 Å². The molecule has 1 amide bonds. The number of carbonyl (C=O) groups is 1. The van der Waals surface area contributed by atoms with Crippen LogP contribution in [0.25, 0.3) is 11.0 Å². The first-order chi connectivity index (χ1) is 16.1. The lowest BCUT2D eigenvalue weighted by Gasteiger charge is -2.31. The number of benzene rings is 2. The van der Waals surface area contributed by atoms with E-state index in [0.717, 1.165) is 18.7 Å². The van der Waals surface area contributed by atoms with Crippen molar-refractivity contribution in [1.82, 2.24) is 9.80 Å². The number of morpholine rings is 1. The molecule has 2 aromatic carbocycles. The number of methoxy groups -OCH3 is 2. The molecule has 0 aliphatic carbocycles. The summed E-state index contributed by atoms with van der Waals surface area (Å²) in [6, 6.07) is 11.9. The van der Waals surface area contributed by atoms with Crippen molar-refractivity contribution in [3.05, 3.63) is 69.6 Å². The number of nitrogens with zero attached hydrogens (tertiary/aromatic N) is 2. The number of hydrogen-bond acceptors (Lipinski definition) is 7. The maximum absolute atomic E-state index is 13.7. The van der Waals surface area contributed by atoms with Gasteiger partial charge in [0.1, 0.15) is 17.1 Å². The summed E-state index contributed by atoms with van der Waals surface area (Å²) in [6.45, 7) is 4.11. The van der Waals surface area contributed by atoms with Crippen LogP contribution in [0.15, 0.2) is 51.7 Å². The topological polar surface area (TPSA) is 81.5 Å². The molecule has 1 fully saturated rings. The summed E-state index contributed by atoms with van der Waals surface area (Å²) in [6.07, 6.45) is 0. The summed E-state index contributed by atoms with van der Waals surface area (Å²) in [5.74, 6) is 0.963. The number of hydrogen-bond donors (Lipinski definition) is 0. The molecule has 33 heavy (non-hydrogen) atoms. The highest BCUT2D eigenvalue weighted by molar-refractivity contribution is 5.99. The Morgan fingerprint density at radius 2 is 1.79 bits per heavy atom. The van der Waals surface area contributed by atoms with Gasteiger partial charge in [0.05, 0.1) is 44.4 Å². The summed E-state index contributed by atoms with van der Waals surface area (Å²) >= 11 is 0. The highest BCUT2D eigenvalue weighted by Gasteiger charge is 2.43. The van der Waals surface area contributed by atoms with Crippen molar-refractivity contribution >= 4 is 16.9 Å². The van der Waals surface area contributed by atoms with Crippen LogP contribution < -0.4 is 14.9 Å². The van der Waals surface area contributed by atoms with Gasteiger partial charge in [0.25, 0.3) is 5.91 Å². The monoisotopic (exact) mass is 450 g/mol. The minimum atomic E-state index is -0.590. The molecule has 0 spiro atoms. The molecular formula is C25H26N2O6. The first kappa shape index (κ1) is 21.5. The van der Waals surface area contributed by atoms with Crippen LogP contribution >= 0.6 is 0 Å². The third-order valence-corrected chi connectivity index (χ3v) is 6.37. The van der Waals surface area contributed by atoms with E-state index in [4.69, 9.17) is 18.6 Å². The minimum Gasteiger partial charge on any atom is -0.497 e. The van der Waals surface area contributed by atoms with E-state index in [0.29, 0.717) is 54.3 Å². The summed E-state index contributed by atoms with van der Waals surface area (Å²) < 4.78 is 22.3. The van der Waals surface area contributed by atoms with Gasteiger partial charge < -0.3 is 23.5 Å². The molecule has 0 N–H and O–H groups in total. The Balaban J connectivity index is 1.63. The number of ether oxygens (including phenoxy) is 3. The van der Waals surface area contributed by atoms with Gasteiger partial charge in [0.2, 0.25) is 5.76 Å². The molecule has 0 radical (unpaired) electrons. The van der Waals surface area contributed by atoms with Gasteiger partial charge >= 0.3 is 0 Å². The molecule has 2 aliphatic heterocycles. The highest BCUT2D eigenvalue weighted by Crippen LogP contribution is 2.41. The van der Waals surface area contributed by atoms with Crippen LogP contribution in [0.3, 0.4) is 0 Å². The highest BCUT2D eigenvalue weighted by atomic mass is 16.5. The molecular weight excluding hydrogens is 424 g/mol. The Morgan fingerprint density at radius 1 is 1.00 bits per heavy atom. The van der Waals surface area contributed by atoms with Crippen molar-refractivity contribution in [1.29, 1.82) is 0 Å². The zero-order chi connectivity index (χ0) is 22.9. The Bertz CT molecular complexity index is 1250. The molecule has 8 nitrogen and oxygen atoms in total. The molecule has 0 unspecified atom stereocenters. The van der Waals surface area contributed by atoms with E-state index in [1.54, 1.807) is 37.3 Å². The van der Waals surface area contributed by atoms with Crippen molar-refractivity contribution in [2.24, 2.45) is 0 Å². The van der Waals surface area contributed by atoms with Crippen LogP contribution in [-0.2, 0) is 4.74 Å². The Hall–Kier alpha value is -3.36. The van der Waals surface area contributed by atoms with E-state index in [2.05, 4.69) is 4.90 Å². The summed E-state index contributed by atoms with van der Waals surface area (Å²) in [5, 5.41) is 0.414. The molecule has 5 rings (SSSR count). The van der Waals surface area contributed by atoms with Gasteiger partial charge in [-0.2, -0.15) is 0 Å². The standard InChI is InChI=1S/C25H26N2O6/c1-30-16-7-8-18-20(15-16)33-24-21(23(18)28)22(17-5-3-4-6-19(17)31-2)27(25(24)29)10-9-26-11-13-32-14-12-26/h3-8,15,22H,9-14H2,1-2H3/t22-/m0/s1. The maximum Gasteiger partial charge on any atom is 0.290 e. The predicted octanol–water partition coefficient (Wildman–Crippen LogP) is 2.69. The fourth-order valence-electron chi connectivity index (χ4n) is 4.65. The van der Waals surface area contributed by atoms with E-state index in [1.165, 1.54) is 0 Å². The lowest BCUT2D eigenvalue weighted by molar-refractivity contribution is 0.0314. The predicted molar refractivity (Wildman–Crippen MR) is 122 cm³/mol. The molecule has 3 heterocycles. The number of amides is 1. The van der Waals surface area contributed by atoms with Gasteiger partial charge in [0, 0.05) is 37.8 Å². The van der Waals surface area contributed by atoms with Gasteiger partial charge in [-0.3, -0.25) is 14.5 Å². The third-order valence-electron chi connectivity index (χ3n) is 6.37. The first-order valence-electron chi connectivity index (χ1n) is 11.0. The fraction of sp³-hybridized carbons (Fsp3) is 0.360. The number of para-hydroxylation sites is 1. The SMILES string of the molecule is COc1ccc2c(=O)c3c(oc2c1)C(=O)N(CCN1CCOCC1)[C@H]3c1ccccc1OC. The second-order valence-electron chi connectivity index (χ2n) is 8.13. The molecule has 1 atom stereocenters. The lowest BCUT2D eigenvalue weighted by Crippen LogP contribution is -2.42. The van der Waals surface area contributed by atoms with E-state index >= 15 is 0 Å². The maximum atomic E-state index is 13.7. The van der Waals surface area contributed by atoms with E-state index in [9.17, 15) is 9.59 Å². The van der Waals surface area contributed by atoms with Crippen LogP contribution in [0.1, 0.15) is 27.7 Å². The van der Waals surface area contributed by atoms with Crippen LogP contribution in [0.5, 0.6) is 11.5 Å². The van der Waals surface area contributed by atoms with Crippen LogP contribution in [-0.4, -0.2) is 69.3 Å². The second-order valence-corrected chi connectivity index (χ2v) is 8.13. The average molecular weight is 450 g/mol. The molecule has 3 aromatic rings. The normalized spacial score (nSPS) is 18.5. The van der Waals surface area contributed by atoms with Crippen molar-refractivity contribution in [2.75, 3.05) is 53.6 Å². The Kier molecular flexibility index (Phi) is 5.78. The quantitative estimate of drug-likeness (QED) is 0.571. The smallest absolute Gasteiger partial charge is 0.290 e. The summed E-state index contributed by atoms with van der Waals surface area (Å²) in [4.78, 5) is 31.2. The lowest BCUT2D eigenvalue weighted by atomic mass is 9.97. The van der Waals surface area contributed by atoms with Crippen LogP contribution in [0.2, 0.25) is 0 Å². The largest absolute Gasteiger partial charge is 0.497 e. The second kappa shape index (κ2) is 8.88. The van der Waals surface area contributed by atoms with E-state index < -0.39 is 6.04 Å². The fourth-order valence-corrected chi connectivity index (χ4v) is 4.65. The van der Waals surface area contributed by atoms with Gasteiger partial charge in [-0.05, 0) is 18.2 Å². The van der Waals surface area contributed by atoms with E-state index in [-0.39, 0.29) is 17.1 Å². The average Bonchev–Trinajstić information content (AvgIpc) is 3.14. The van der Waals surface area contributed by atoms with Crippen molar-refractivity contribution < 1.29 is 23.4 Å². The molecule has 172 valence electrons. The zero-order valence-corrected chi connectivity index (χ0v) is 18.7. The Labute approximate surface area is 191 Å². The molecule has 1 aromatic heterocycles. The van der Waals surface area contributed by atoms with E-state index in [1.807, 2.05) is 24.3 Å². The van der Waals surface area contributed by atoms with Crippen LogP contribution in [0.4, 0.5) is 0 Å². The molecule has 0 saturated carbocycles. The summed E-state index contributed by atoms with van der Waals surface area (Å²) in [7, 11) is 3.13. The van der Waals surface area contributed by atoms with Crippen molar-refractivity contribution in [2.45, 2.75) is 6.04 Å². The summed E-state index contributed by atoms with van der Waals surface area (Å²) in [5.41, 5.74) is 1.23. The molecule has 2 aliphatic rings. The zero-order valence-electron chi connectivity index (χ0n) is 18.7. The minimum absolute atomic E-state index is 0.0821. The van der Waals surface area contributed by atoms with Crippen molar-refractivity contribution in [3.63, 3.8) is 0 Å². The number of carbonyl (C=O) groups excluding carboxylic acids is 1. The van der Waals surface area contributed by atoms with Gasteiger partial charge in [-0.25, -0.2) is 0 Å². The Morgan fingerprint density at radius 3 is 2.55 bits per heavy atom.